The molecule has 6 rings (SSSR count). The number of nitrogens with zero attached hydrogens (tertiary/aromatic N) is 5. The van der Waals surface area contributed by atoms with Crippen molar-refractivity contribution in [2.45, 2.75) is 13.0 Å². The Morgan fingerprint density at radius 1 is 1.00 bits per heavy atom. The lowest BCUT2D eigenvalue weighted by Gasteiger charge is -2.32. The van der Waals surface area contributed by atoms with Crippen LogP contribution in [0.4, 0.5) is 11.5 Å². The minimum atomic E-state index is 0.359. The highest BCUT2D eigenvalue weighted by atomic mass is 35.5. The van der Waals surface area contributed by atoms with Gasteiger partial charge in [-0.15, -0.1) is 11.3 Å². The quantitative estimate of drug-likeness (QED) is 0.257. The number of fused-ring (bicyclic) bond motifs is 3. The van der Waals surface area contributed by atoms with Crippen LogP contribution in [0.3, 0.4) is 0 Å². The molecule has 0 amide bonds. The van der Waals surface area contributed by atoms with Crippen LogP contribution in [0.5, 0.6) is 5.75 Å². The van der Waals surface area contributed by atoms with Gasteiger partial charge in [-0.3, -0.25) is 4.98 Å². The molecule has 4 heterocycles. The number of halogens is 1. The van der Waals surface area contributed by atoms with E-state index in [1.807, 2.05) is 36.4 Å². The predicted octanol–water partition coefficient (Wildman–Crippen LogP) is 6.01. The molecule has 0 radical (unpaired) electrons. The lowest BCUT2D eigenvalue weighted by Crippen LogP contribution is -2.45. The average Bonchev–Trinajstić information content (AvgIpc) is 3.32. The first-order chi connectivity index (χ1) is 18.6. The topological polar surface area (TPSA) is 66.4 Å². The van der Waals surface area contributed by atoms with Gasteiger partial charge in [0.2, 0.25) is 0 Å². The van der Waals surface area contributed by atoms with E-state index in [0.717, 1.165) is 71.9 Å². The summed E-state index contributed by atoms with van der Waals surface area (Å²) in [5, 5.41) is 6.17. The highest BCUT2D eigenvalue weighted by Crippen LogP contribution is 2.38. The molecule has 38 heavy (non-hydrogen) atoms. The summed E-state index contributed by atoms with van der Waals surface area (Å²) in [6.45, 7) is 6.05. The van der Waals surface area contributed by atoms with Gasteiger partial charge in [-0.2, -0.15) is 0 Å². The maximum Gasteiger partial charge on any atom is 0.143 e. The van der Waals surface area contributed by atoms with Crippen molar-refractivity contribution in [2.24, 2.45) is 0 Å². The third-order valence-electron chi connectivity index (χ3n) is 6.94. The molecule has 0 unspecified atom stereocenters. The molecule has 1 fully saturated rings. The molecule has 9 heteroatoms. The van der Waals surface area contributed by atoms with Crippen molar-refractivity contribution in [3.8, 4) is 5.75 Å². The Balaban J connectivity index is 1.18. The number of rotatable bonds is 8. The molecular formula is C29H29ClN6OS. The normalized spacial score (nSPS) is 14.8. The molecule has 2 aromatic carbocycles. The number of pyridine rings is 1. The molecule has 0 spiro atoms. The predicted molar refractivity (Wildman–Crippen MR) is 156 cm³/mol. The molecular weight excluding hydrogens is 516 g/mol. The minimum Gasteiger partial charge on any atom is -0.486 e. The summed E-state index contributed by atoms with van der Waals surface area (Å²) in [6.07, 6.45) is 4.41. The second-order valence-corrected chi connectivity index (χ2v) is 11.0. The molecule has 1 aliphatic heterocycles. The summed E-state index contributed by atoms with van der Waals surface area (Å²) >= 11 is 8.25. The van der Waals surface area contributed by atoms with Crippen LogP contribution in [0.15, 0.2) is 67.1 Å². The Bertz CT molecular complexity index is 1550. The van der Waals surface area contributed by atoms with E-state index in [2.05, 4.69) is 55.3 Å². The van der Waals surface area contributed by atoms with Crippen molar-refractivity contribution in [2.75, 3.05) is 45.1 Å². The van der Waals surface area contributed by atoms with Gasteiger partial charge in [-0.05, 0) is 55.4 Å². The fourth-order valence-corrected chi connectivity index (χ4v) is 6.07. The first kappa shape index (κ1) is 25.0. The molecule has 1 saturated heterocycles. The van der Waals surface area contributed by atoms with Gasteiger partial charge >= 0.3 is 0 Å². The molecule has 5 aromatic rings. The Kier molecular flexibility index (Phi) is 7.38. The van der Waals surface area contributed by atoms with Crippen LogP contribution in [0, 0.1) is 0 Å². The van der Waals surface area contributed by atoms with Crippen LogP contribution in [0.25, 0.3) is 20.3 Å². The highest BCUT2D eigenvalue weighted by Gasteiger charge is 2.16. The standard InChI is InChI=1S/C29H29ClN6OS/c1-35-12-14-36(15-13-35)11-9-20-5-7-23-26(16-20)38-29-27(23)28(32-19-33-29)34-21-6-8-25(24(30)17-21)37-18-22-4-2-3-10-31-22/h2-8,10,16-17,19H,9,11-15,18H2,1H3,(H,32,33,34). The molecule has 7 nitrogen and oxygen atoms in total. The third kappa shape index (κ3) is 5.59. The van der Waals surface area contributed by atoms with Crippen LogP contribution >= 0.6 is 22.9 Å². The molecule has 0 atom stereocenters. The number of likely N-dealkylation sites (N-methyl/N-ethyl adjacent to an activating group) is 1. The maximum absolute atomic E-state index is 6.54. The summed E-state index contributed by atoms with van der Waals surface area (Å²) < 4.78 is 7.10. The lowest BCUT2D eigenvalue weighted by atomic mass is 10.1. The van der Waals surface area contributed by atoms with E-state index in [0.29, 0.717) is 17.4 Å². The SMILES string of the molecule is CN1CCN(CCc2ccc3c(c2)sc2ncnc(Nc4ccc(OCc5ccccn5)c(Cl)c4)c23)CC1. The van der Waals surface area contributed by atoms with Crippen LogP contribution in [-0.4, -0.2) is 64.5 Å². The second-order valence-electron chi connectivity index (χ2n) is 9.61. The summed E-state index contributed by atoms with van der Waals surface area (Å²) in [5.41, 5.74) is 3.04. The lowest BCUT2D eigenvalue weighted by molar-refractivity contribution is 0.155. The molecule has 0 aliphatic carbocycles. The number of hydrogen-bond donors (Lipinski definition) is 1. The minimum absolute atomic E-state index is 0.359. The van der Waals surface area contributed by atoms with Gasteiger partial charge in [-0.1, -0.05) is 29.8 Å². The van der Waals surface area contributed by atoms with Crippen LogP contribution in [0.2, 0.25) is 5.02 Å². The van der Waals surface area contributed by atoms with Crippen molar-refractivity contribution < 1.29 is 4.74 Å². The highest BCUT2D eigenvalue weighted by molar-refractivity contribution is 7.25. The first-order valence-corrected chi connectivity index (χ1v) is 14.0. The number of benzene rings is 2. The van der Waals surface area contributed by atoms with Crippen LogP contribution < -0.4 is 10.1 Å². The molecule has 0 saturated carbocycles. The Hall–Kier alpha value is -3.30. The number of nitrogens with one attached hydrogen (secondary N) is 1. The number of anilines is 2. The Labute approximate surface area is 231 Å². The van der Waals surface area contributed by atoms with E-state index in [1.165, 1.54) is 10.3 Å². The van der Waals surface area contributed by atoms with Gasteiger partial charge in [0.25, 0.3) is 0 Å². The maximum atomic E-state index is 6.54. The number of hydrogen-bond acceptors (Lipinski definition) is 8. The molecule has 1 aliphatic rings. The fraction of sp³-hybridized carbons (Fsp3) is 0.276. The zero-order valence-electron chi connectivity index (χ0n) is 21.2. The van der Waals surface area contributed by atoms with Gasteiger partial charge in [0, 0.05) is 54.7 Å². The summed E-state index contributed by atoms with van der Waals surface area (Å²) in [5.74, 6) is 1.38. The van der Waals surface area contributed by atoms with Crippen molar-refractivity contribution in [3.63, 3.8) is 0 Å². The molecule has 194 valence electrons. The van der Waals surface area contributed by atoms with Crippen molar-refractivity contribution in [1.82, 2.24) is 24.8 Å². The number of aromatic nitrogens is 3. The van der Waals surface area contributed by atoms with E-state index in [1.54, 1.807) is 23.9 Å². The van der Waals surface area contributed by atoms with E-state index < -0.39 is 0 Å². The zero-order valence-corrected chi connectivity index (χ0v) is 22.8. The third-order valence-corrected chi connectivity index (χ3v) is 8.30. The van der Waals surface area contributed by atoms with E-state index in [4.69, 9.17) is 16.3 Å². The van der Waals surface area contributed by atoms with E-state index in [-0.39, 0.29) is 0 Å². The molecule has 3 aromatic heterocycles. The van der Waals surface area contributed by atoms with Crippen molar-refractivity contribution >= 4 is 54.7 Å². The largest absolute Gasteiger partial charge is 0.486 e. The summed E-state index contributed by atoms with van der Waals surface area (Å²) in [6, 6.07) is 18.2. The molecule has 0 bridgehead atoms. The van der Waals surface area contributed by atoms with Crippen LogP contribution in [0.1, 0.15) is 11.3 Å². The van der Waals surface area contributed by atoms with Crippen molar-refractivity contribution in [3.05, 3.63) is 83.4 Å². The average molecular weight is 545 g/mol. The fourth-order valence-electron chi connectivity index (χ4n) is 4.73. The summed E-state index contributed by atoms with van der Waals surface area (Å²) in [4.78, 5) is 19.3. The van der Waals surface area contributed by atoms with Gasteiger partial charge < -0.3 is 19.9 Å². The Morgan fingerprint density at radius 2 is 1.89 bits per heavy atom. The number of piperazine rings is 1. The number of ether oxygens (including phenoxy) is 1. The van der Waals surface area contributed by atoms with Crippen molar-refractivity contribution in [1.29, 1.82) is 0 Å². The Morgan fingerprint density at radius 3 is 2.71 bits per heavy atom. The van der Waals surface area contributed by atoms with Crippen LogP contribution in [-0.2, 0) is 13.0 Å². The van der Waals surface area contributed by atoms with E-state index in [9.17, 15) is 0 Å². The first-order valence-electron chi connectivity index (χ1n) is 12.8. The van der Waals surface area contributed by atoms with E-state index >= 15 is 0 Å². The van der Waals surface area contributed by atoms with Gasteiger partial charge in [0.05, 0.1) is 16.1 Å². The second kappa shape index (κ2) is 11.2. The number of thiophene rings is 1. The van der Waals surface area contributed by atoms with Gasteiger partial charge in [-0.25, -0.2) is 9.97 Å². The molecule has 1 N–H and O–H groups in total. The monoisotopic (exact) mass is 544 g/mol. The van der Waals surface area contributed by atoms with Gasteiger partial charge in [0.15, 0.2) is 0 Å². The zero-order chi connectivity index (χ0) is 25.9. The smallest absolute Gasteiger partial charge is 0.143 e. The summed E-state index contributed by atoms with van der Waals surface area (Å²) in [7, 11) is 2.20. The van der Waals surface area contributed by atoms with Gasteiger partial charge in [0.1, 0.15) is 29.3 Å².